The van der Waals surface area contributed by atoms with Crippen LogP contribution in [0.4, 0.5) is 0 Å². The van der Waals surface area contributed by atoms with Gasteiger partial charge in [0.1, 0.15) is 11.3 Å². The van der Waals surface area contributed by atoms with Crippen LogP contribution in [0.25, 0.3) is 5.65 Å². The molecule has 34 heavy (non-hydrogen) atoms. The largest absolute Gasteiger partial charge is 0.350 e. The number of fused-ring (bicyclic) bond motifs is 1. The molecule has 1 saturated heterocycles. The lowest BCUT2D eigenvalue weighted by molar-refractivity contribution is -0.130. The predicted molar refractivity (Wildman–Crippen MR) is 134 cm³/mol. The molecule has 178 valence electrons. The van der Waals surface area contributed by atoms with Crippen molar-refractivity contribution in [2.45, 2.75) is 43.9 Å². The molecule has 0 atom stereocenters. The molecule has 0 aromatic carbocycles. The van der Waals surface area contributed by atoms with Gasteiger partial charge < -0.3 is 10.2 Å². The minimum atomic E-state index is -0.122. The SMILES string of the molecule is O=C(NCC1(c2cccnc2)CCCCC1)c1cccc2nc(CC(=O)N3CCSCC3)cn12. The van der Waals surface area contributed by atoms with Gasteiger partial charge in [-0.25, -0.2) is 4.98 Å². The van der Waals surface area contributed by atoms with E-state index < -0.39 is 0 Å². The summed E-state index contributed by atoms with van der Waals surface area (Å²) in [4.78, 5) is 36.9. The normalized spacial score (nSPS) is 18.1. The van der Waals surface area contributed by atoms with Gasteiger partial charge >= 0.3 is 0 Å². The molecular formula is C26H31N5O2S. The van der Waals surface area contributed by atoms with E-state index in [0.29, 0.717) is 23.6 Å². The van der Waals surface area contributed by atoms with Crippen LogP contribution in [0.3, 0.4) is 0 Å². The van der Waals surface area contributed by atoms with Crippen LogP contribution < -0.4 is 5.32 Å². The number of carbonyl (C=O) groups excluding carboxylic acids is 2. The van der Waals surface area contributed by atoms with E-state index >= 15 is 0 Å². The molecule has 2 aliphatic rings. The molecule has 8 heteroatoms. The zero-order valence-electron chi connectivity index (χ0n) is 19.4. The van der Waals surface area contributed by atoms with Gasteiger partial charge in [0.2, 0.25) is 5.91 Å². The van der Waals surface area contributed by atoms with Gasteiger partial charge in [0.05, 0.1) is 12.1 Å². The number of aromatic nitrogens is 3. The number of imidazole rings is 1. The smallest absolute Gasteiger partial charge is 0.268 e. The van der Waals surface area contributed by atoms with Crippen molar-refractivity contribution in [1.29, 1.82) is 0 Å². The molecule has 3 aromatic rings. The molecule has 1 N–H and O–H groups in total. The second kappa shape index (κ2) is 10.2. The highest BCUT2D eigenvalue weighted by atomic mass is 32.2. The van der Waals surface area contributed by atoms with Crippen molar-refractivity contribution in [3.63, 3.8) is 0 Å². The molecule has 0 spiro atoms. The molecule has 5 rings (SSSR count). The fourth-order valence-electron chi connectivity index (χ4n) is 5.22. The maximum absolute atomic E-state index is 13.3. The maximum Gasteiger partial charge on any atom is 0.268 e. The summed E-state index contributed by atoms with van der Waals surface area (Å²) in [5, 5.41) is 3.21. The van der Waals surface area contributed by atoms with Crippen LogP contribution in [-0.2, 0) is 16.6 Å². The van der Waals surface area contributed by atoms with E-state index in [1.54, 1.807) is 6.20 Å². The minimum Gasteiger partial charge on any atom is -0.350 e. The zero-order valence-corrected chi connectivity index (χ0v) is 20.2. The first-order valence-corrected chi connectivity index (χ1v) is 13.3. The molecule has 1 aliphatic heterocycles. The monoisotopic (exact) mass is 477 g/mol. The van der Waals surface area contributed by atoms with Crippen LogP contribution >= 0.6 is 11.8 Å². The van der Waals surface area contributed by atoms with Gasteiger partial charge in [0, 0.05) is 55.1 Å². The fraction of sp³-hybridized carbons (Fsp3) is 0.462. The van der Waals surface area contributed by atoms with Crippen LogP contribution in [0.5, 0.6) is 0 Å². The molecule has 0 bridgehead atoms. The lowest BCUT2D eigenvalue weighted by Crippen LogP contribution is -2.42. The molecule has 2 fully saturated rings. The van der Waals surface area contributed by atoms with Crippen molar-refractivity contribution in [3.05, 3.63) is 65.9 Å². The number of hydrogen-bond acceptors (Lipinski definition) is 5. The van der Waals surface area contributed by atoms with Crippen molar-refractivity contribution in [1.82, 2.24) is 24.6 Å². The Kier molecular flexibility index (Phi) is 6.85. The van der Waals surface area contributed by atoms with E-state index in [1.807, 2.05) is 57.7 Å². The van der Waals surface area contributed by atoms with Gasteiger partial charge in [-0.3, -0.25) is 19.0 Å². The van der Waals surface area contributed by atoms with E-state index in [-0.39, 0.29) is 23.7 Å². The maximum atomic E-state index is 13.3. The Hall–Kier alpha value is -2.87. The lowest BCUT2D eigenvalue weighted by atomic mass is 9.70. The van der Waals surface area contributed by atoms with Gasteiger partial charge in [-0.05, 0) is 36.6 Å². The summed E-state index contributed by atoms with van der Waals surface area (Å²) in [6, 6.07) is 9.65. The van der Waals surface area contributed by atoms with Gasteiger partial charge in [-0.1, -0.05) is 31.4 Å². The summed E-state index contributed by atoms with van der Waals surface area (Å²) in [6.45, 7) is 2.17. The molecule has 0 unspecified atom stereocenters. The van der Waals surface area contributed by atoms with E-state index in [1.165, 1.54) is 12.0 Å². The standard InChI is InChI=1S/C26H31N5O2S/c32-24(30-12-14-34-15-13-30)16-21-18-31-22(7-4-8-23(31)29-21)25(33)28-19-26(9-2-1-3-10-26)20-6-5-11-27-17-20/h4-8,11,17-18H,1-3,9-10,12-16,19H2,(H,28,33). The van der Waals surface area contributed by atoms with E-state index in [9.17, 15) is 9.59 Å². The summed E-state index contributed by atoms with van der Waals surface area (Å²) in [5.41, 5.74) is 3.05. The molecule has 7 nitrogen and oxygen atoms in total. The summed E-state index contributed by atoms with van der Waals surface area (Å²) < 4.78 is 1.81. The number of amides is 2. The fourth-order valence-corrected chi connectivity index (χ4v) is 6.13. The van der Waals surface area contributed by atoms with Crippen molar-refractivity contribution in [3.8, 4) is 0 Å². The molecule has 4 heterocycles. The van der Waals surface area contributed by atoms with E-state index in [4.69, 9.17) is 0 Å². The van der Waals surface area contributed by atoms with Crippen LogP contribution in [0, 0.1) is 0 Å². The van der Waals surface area contributed by atoms with E-state index in [0.717, 1.165) is 50.3 Å². The van der Waals surface area contributed by atoms with Gasteiger partial charge in [-0.2, -0.15) is 11.8 Å². The number of nitrogens with zero attached hydrogens (tertiary/aromatic N) is 4. The predicted octanol–water partition coefficient (Wildman–Crippen LogP) is 3.48. The van der Waals surface area contributed by atoms with Gasteiger partial charge in [-0.15, -0.1) is 0 Å². The van der Waals surface area contributed by atoms with Crippen molar-refractivity contribution in [2.75, 3.05) is 31.1 Å². The third kappa shape index (κ3) is 4.82. The molecule has 1 saturated carbocycles. The van der Waals surface area contributed by atoms with Gasteiger partial charge in [0.15, 0.2) is 0 Å². The Balaban J connectivity index is 1.32. The minimum absolute atomic E-state index is 0.0741. The Labute approximate surface area is 204 Å². The van der Waals surface area contributed by atoms with Crippen LogP contribution in [0.15, 0.2) is 48.9 Å². The summed E-state index contributed by atoms with van der Waals surface area (Å²) in [5.74, 6) is 1.96. The molecule has 1 aliphatic carbocycles. The number of pyridine rings is 2. The zero-order chi connectivity index (χ0) is 23.4. The number of rotatable bonds is 6. The highest BCUT2D eigenvalue weighted by Gasteiger charge is 2.34. The van der Waals surface area contributed by atoms with Crippen molar-refractivity contribution < 1.29 is 9.59 Å². The summed E-state index contributed by atoms with van der Waals surface area (Å²) in [6.07, 6.45) is 11.5. The average Bonchev–Trinajstić information content (AvgIpc) is 3.31. The van der Waals surface area contributed by atoms with Crippen molar-refractivity contribution in [2.24, 2.45) is 0 Å². The highest BCUT2D eigenvalue weighted by Crippen LogP contribution is 2.38. The summed E-state index contributed by atoms with van der Waals surface area (Å²) >= 11 is 1.88. The van der Waals surface area contributed by atoms with Crippen LogP contribution in [0.2, 0.25) is 0 Å². The quantitative estimate of drug-likeness (QED) is 0.588. The Bertz CT molecular complexity index is 1150. The first-order chi connectivity index (χ1) is 16.6. The number of carbonyl (C=O) groups is 2. The third-order valence-corrected chi connectivity index (χ3v) is 8.09. The first-order valence-electron chi connectivity index (χ1n) is 12.2. The van der Waals surface area contributed by atoms with Crippen molar-refractivity contribution >= 4 is 29.2 Å². The Morgan fingerprint density at radius 2 is 1.88 bits per heavy atom. The lowest BCUT2D eigenvalue weighted by Gasteiger charge is -2.37. The van der Waals surface area contributed by atoms with Crippen LogP contribution in [0.1, 0.15) is 53.8 Å². The second-order valence-corrected chi connectivity index (χ2v) is 10.5. The van der Waals surface area contributed by atoms with Gasteiger partial charge in [0.25, 0.3) is 5.91 Å². The van der Waals surface area contributed by atoms with E-state index in [2.05, 4.69) is 21.4 Å². The molecule has 0 radical (unpaired) electrons. The third-order valence-electron chi connectivity index (χ3n) is 7.14. The number of hydrogen-bond donors (Lipinski definition) is 1. The molecule has 3 aromatic heterocycles. The summed E-state index contributed by atoms with van der Waals surface area (Å²) in [7, 11) is 0. The topological polar surface area (TPSA) is 79.6 Å². The Morgan fingerprint density at radius 3 is 2.65 bits per heavy atom. The molecule has 2 amide bonds. The second-order valence-electron chi connectivity index (χ2n) is 9.31. The number of thioether (sulfide) groups is 1. The average molecular weight is 478 g/mol. The Morgan fingerprint density at radius 1 is 1.06 bits per heavy atom. The first kappa shape index (κ1) is 22.9. The number of nitrogens with one attached hydrogen (secondary N) is 1. The molecular weight excluding hydrogens is 446 g/mol. The van der Waals surface area contributed by atoms with Crippen LogP contribution in [-0.4, -0.2) is 62.2 Å². The highest BCUT2D eigenvalue weighted by molar-refractivity contribution is 7.99.